The van der Waals surface area contributed by atoms with E-state index in [1.54, 1.807) is 33.7 Å². The molecule has 8 heteroatoms. The Balaban J connectivity index is 1.52. The lowest BCUT2D eigenvalue weighted by Gasteiger charge is -2.06. The van der Waals surface area contributed by atoms with Gasteiger partial charge in [0, 0.05) is 18.8 Å². The average molecular weight is 372 g/mol. The third-order valence-electron chi connectivity index (χ3n) is 3.89. The van der Waals surface area contributed by atoms with E-state index < -0.39 is 0 Å². The van der Waals surface area contributed by atoms with Crippen molar-refractivity contribution in [1.29, 1.82) is 0 Å². The molecular formula is C17H16N4O2S2. The van der Waals surface area contributed by atoms with Gasteiger partial charge < -0.3 is 8.98 Å². The van der Waals surface area contributed by atoms with E-state index in [0.29, 0.717) is 17.9 Å². The van der Waals surface area contributed by atoms with E-state index in [9.17, 15) is 4.79 Å². The van der Waals surface area contributed by atoms with Gasteiger partial charge >= 0.3 is 5.76 Å². The first-order valence-electron chi connectivity index (χ1n) is 7.96. The van der Waals surface area contributed by atoms with Gasteiger partial charge in [0.1, 0.15) is 0 Å². The maximum atomic E-state index is 12.0. The van der Waals surface area contributed by atoms with E-state index >= 15 is 0 Å². The van der Waals surface area contributed by atoms with Gasteiger partial charge in [-0.15, -0.1) is 21.5 Å². The number of thiophene rings is 1. The van der Waals surface area contributed by atoms with Gasteiger partial charge in [-0.2, -0.15) is 0 Å². The minimum absolute atomic E-state index is 0.321. The van der Waals surface area contributed by atoms with E-state index in [2.05, 4.69) is 21.7 Å². The van der Waals surface area contributed by atoms with Crippen molar-refractivity contribution in [2.45, 2.75) is 25.2 Å². The van der Waals surface area contributed by atoms with Crippen LogP contribution in [0.2, 0.25) is 0 Å². The van der Waals surface area contributed by atoms with Gasteiger partial charge in [0.25, 0.3) is 0 Å². The smallest absolute Gasteiger partial charge is 0.408 e. The van der Waals surface area contributed by atoms with Crippen molar-refractivity contribution >= 4 is 34.2 Å². The molecule has 6 nitrogen and oxygen atoms in total. The van der Waals surface area contributed by atoms with E-state index in [1.165, 1.54) is 0 Å². The lowest BCUT2D eigenvalue weighted by atomic mass is 10.3. The zero-order chi connectivity index (χ0) is 17.2. The Labute approximate surface area is 152 Å². The summed E-state index contributed by atoms with van der Waals surface area (Å²) in [4.78, 5) is 13.1. The standard InChI is InChI=1S/C17H16N4O2S2/c1-2-20-15(14-8-5-10-24-14)18-19-16(20)25-11-9-21-12-6-3-4-7-13(12)23-17(21)22/h3-8,10H,2,9,11H2,1H3. The first-order chi connectivity index (χ1) is 12.3. The largest absolute Gasteiger partial charge is 0.419 e. The first kappa shape index (κ1) is 16.2. The zero-order valence-electron chi connectivity index (χ0n) is 13.6. The van der Waals surface area contributed by atoms with E-state index in [0.717, 1.165) is 27.9 Å². The van der Waals surface area contributed by atoms with Crippen molar-refractivity contribution in [3.8, 4) is 10.7 Å². The highest BCUT2D eigenvalue weighted by molar-refractivity contribution is 7.99. The third kappa shape index (κ3) is 3.03. The molecule has 0 atom stereocenters. The molecule has 0 N–H and O–H groups in total. The number of aromatic nitrogens is 4. The number of nitrogens with zero attached hydrogens (tertiary/aromatic N) is 4. The molecule has 0 amide bonds. The second-order valence-corrected chi connectivity index (χ2v) is 7.37. The molecule has 0 fully saturated rings. The highest BCUT2D eigenvalue weighted by Crippen LogP contribution is 2.27. The topological polar surface area (TPSA) is 65.8 Å². The Morgan fingerprint density at radius 2 is 2.04 bits per heavy atom. The Morgan fingerprint density at radius 3 is 2.84 bits per heavy atom. The molecule has 4 aromatic rings. The van der Waals surface area contributed by atoms with Crippen LogP contribution in [0.25, 0.3) is 21.8 Å². The third-order valence-corrected chi connectivity index (χ3v) is 5.71. The van der Waals surface area contributed by atoms with Crippen LogP contribution in [0.15, 0.2) is 56.1 Å². The number of hydrogen-bond donors (Lipinski definition) is 0. The lowest BCUT2D eigenvalue weighted by molar-refractivity contribution is 0.514. The molecule has 3 aromatic heterocycles. The van der Waals surface area contributed by atoms with Gasteiger partial charge in [-0.05, 0) is 30.5 Å². The molecule has 1 aromatic carbocycles. The van der Waals surface area contributed by atoms with Gasteiger partial charge in [0.2, 0.25) is 0 Å². The van der Waals surface area contributed by atoms with E-state index in [-0.39, 0.29) is 5.76 Å². The van der Waals surface area contributed by atoms with Crippen LogP contribution in [-0.4, -0.2) is 25.1 Å². The fourth-order valence-corrected chi connectivity index (χ4v) is 4.37. The molecule has 0 saturated carbocycles. The molecule has 0 unspecified atom stereocenters. The van der Waals surface area contributed by atoms with Crippen molar-refractivity contribution in [2.75, 3.05) is 5.75 Å². The summed E-state index contributed by atoms with van der Waals surface area (Å²) in [6, 6.07) is 11.5. The molecule has 0 aliphatic heterocycles. The minimum atomic E-state index is -0.321. The molecule has 0 spiro atoms. The number of fused-ring (bicyclic) bond motifs is 1. The van der Waals surface area contributed by atoms with Crippen molar-refractivity contribution in [2.24, 2.45) is 0 Å². The highest BCUT2D eigenvalue weighted by atomic mass is 32.2. The van der Waals surface area contributed by atoms with Crippen LogP contribution in [0.1, 0.15) is 6.92 Å². The normalized spacial score (nSPS) is 11.4. The quantitative estimate of drug-likeness (QED) is 0.483. The fraction of sp³-hybridized carbons (Fsp3) is 0.235. The summed E-state index contributed by atoms with van der Waals surface area (Å²) in [6.45, 7) is 3.45. The molecule has 0 aliphatic carbocycles. The molecule has 0 saturated heterocycles. The Kier molecular flexibility index (Phi) is 4.46. The summed E-state index contributed by atoms with van der Waals surface area (Å²) in [5, 5.41) is 11.5. The summed E-state index contributed by atoms with van der Waals surface area (Å²) in [6.07, 6.45) is 0. The Bertz CT molecular complexity index is 1050. The van der Waals surface area contributed by atoms with E-state index in [4.69, 9.17) is 4.42 Å². The predicted octanol–water partition coefficient (Wildman–Crippen LogP) is 3.73. The summed E-state index contributed by atoms with van der Waals surface area (Å²) >= 11 is 3.25. The van der Waals surface area contributed by atoms with Gasteiger partial charge in [0.05, 0.1) is 10.4 Å². The van der Waals surface area contributed by atoms with Crippen LogP contribution in [0.3, 0.4) is 0 Å². The molecule has 128 valence electrons. The number of benzene rings is 1. The van der Waals surface area contributed by atoms with Crippen LogP contribution in [0.4, 0.5) is 0 Å². The van der Waals surface area contributed by atoms with E-state index in [1.807, 2.05) is 35.7 Å². The number of oxazole rings is 1. The number of rotatable bonds is 6. The molecule has 0 bridgehead atoms. The molecule has 4 rings (SSSR count). The van der Waals surface area contributed by atoms with Gasteiger partial charge in [-0.1, -0.05) is 30.0 Å². The van der Waals surface area contributed by atoms with Crippen LogP contribution in [0.5, 0.6) is 0 Å². The average Bonchev–Trinajstić information content (AvgIpc) is 3.33. The SMILES string of the molecule is CCn1c(SCCn2c(=O)oc3ccccc32)nnc1-c1cccs1. The molecular weight excluding hydrogens is 356 g/mol. The van der Waals surface area contributed by atoms with Gasteiger partial charge in [0.15, 0.2) is 16.6 Å². The first-order valence-corrected chi connectivity index (χ1v) is 9.82. The summed E-state index contributed by atoms with van der Waals surface area (Å²) < 4.78 is 9.03. The van der Waals surface area contributed by atoms with Crippen LogP contribution in [0, 0.1) is 0 Å². The molecule has 25 heavy (non-hydrogen) atoms. The molecule has 0 radical (unpaired) electrons. The summed E-state index contributed by atoms with van der Waals surface area (Å²) in [5.41, 5.74) is 1.44. The lowest BCUT2D eigenvalue weighted by Crippen LogP contribution is -2.15. The van der Waals surface area contributed by atoms with Crippen LogP contribution >= 0.6 is 23.1 Å². The second-order valence-electron chi connectivity index (χ2n) is 5.36. The monoisotopic (exact) mass is 372 g/mol. The zero-order valence-corrected chi connectivity index (χ0v) is 15.2. The van der Waals surface area contributed by atoms with Crippen LogP contribution in [-0.2, 0) is 13.1 Å². The number of thioether (sulfide) groups is 1. The maximum absolute atomic E-state index is 12.0. The number of para-hydroxylation sites is 2. The molecule has 3 heterocycles. The minimum Gasteiger partial charge on any atom is -0.408 e. The van der Waals surface area contributed by atoms with Crippen molar-refractivity contribution in [3.63, 3.8) is 0 Å². The Morgan fingerprint density at radius 1 is 1.16 bits per heavy atom. The fourth-order valence-electron chi connectivity index (χ4n) is 2.72. The number of hydrogen-bond acceptors (Lipinski definition) is 6. The van der Waals surface area contributed by atoms with Gasteiger partial charge in [-0.25, -0.2) is 4.79 Å². The predicted molar refractivity (Wildman–Crippen MR) is 100 cm³/mol. The van der Waals surface area contributed by atoms with Crippen LogP contribution < -0.4 is 5.76 Å². The summed E-state index contributed by atoms with van der Waals surface area (Å²) in [5.74, 6) is 1.29. The Hall–Kier alpha value is -2.32. The number of aryl methyl sites for hydroxylation is 1. The van der Waals surface area contributed by atoms with Crippen molar-refractivity contribution in [1.82, 2.24) is 19.3 Å². The van der Waals surface area contributed by atoms with Gasteiger partial charge in [-0.3, -0.25) is 4.57 Å². The van der Waals surface area contributed by atoms with Crippen molar-refractivity contribution in [3.05, 3.63) is 52.3 Å². The second kappa shape index (κ2) is 6.89. The highest BCUT2D eigenvalue weighted by Gasteiger charge is 2.14. The maximum Gasteiger partial charge on any atom is 0.419 e. The molecule has 0 aliphatic rings. The summed E-state index contributed by atoms with van der Waals surface area (Å²) in [7, 11) is 0. The van der Waals surface area contributed by atoms with Crippen molar-refractivity contribution < 1.29 is 4.42 Å².